The fourth-order valence-corrected chi connectivity index (χ4v) is 6.44. The lowest BCUT2D eigenvalue weighted by Crippen LogP contribution is -2.14. The van der Waals surface area contributed by atoms with Crippen molar-refractivity contribution >= 4 is 0 Å². The third-order valence-corrected chi connectivity index (χ3v) is 9.00. The summed E-state index contributed by atoms with van der Waals surface area (Å²) < 4.78 is 44.9. The normalized spacial score (nSPS) is 17.4. The summed E-state index contributed by atoms with van der Waals surface area (Å²) in [5.74, 6) is -0.601. The number of aryl methyl sites for hydroxylation is 1. The average Bonchev–Trinajstić information content (AvgIpc) is 3.00. The quantitative estimate of drug-likeness (QED) is 0.136. The van der Waals surface area contributed by atoms with Crippen LogP contribution in [0.15, 0.2) is 66.7 Å². The van der Waals surface area contributed by atoms with Crippen molar-refractivity contribution in [2.45, 2.75) is 110 Å². The van der Waals surface area contributed by atoms with Crippen LogP contribution in [0.25, 0.3) is 22.3 Å². The molecule has 0 amide bonds. The highest BCUT2D eigenvalue weighted by atomic mass is 19.2. The lowest BCUT2D eigenvalue weighted by atomic mass is 9.76. The molecule has 41 heavy (non-hydrogen) atoms. The van der Waals surface area contributed by atoms with Crippen LogP contribution in [-0.2, 0) is 6.42 Å². The molecule has 0 bridgehead atoms. The molecule has 0 aromatic heterocycles. The molecule has 3 heteroatoms. The molecule has 0 aliphatic heterocycles. The largest absolute Gasteiger partial charge is 0.207 e. The van der Waals surface area contributed by atoms with Gasteiger partial charge in [-0.15, -0.1) is 0 Å². The maximum atomic E-state index is 15.3. The third kappa shape index (κ3) is 8.60. The Morgan fingerprint density at radius 1 is 0.707 bits per heavy atom. The fraction of sp³-hybridized carbons (Fsp3) is 0.474. The highest BCUT2D eigenvalue weighted by Gasteiger charge is 2.24. The van der Waals surface area contributed by atoms with E-state index < -0.39 is 11.6 Å². The molecular weight excluding hydrogens is 513 g/mol. The minimum atomic E-state index is -0.807. The standard InChI is InChI=1S/C38H47F3/c1-3-5-7-9-10-11-13-28-15-17-30(18-16-28)34-25-24-33(27-36(34)39)29-19-21-31(22-20-29)35-26-23-32(37(40)38(35)41)14-12-8-6-4-2/h4,6,19-28,30H,3,5,7-18H2,1-2H3/b6-4-. The molecule has 0 spiro atoms. The Bertz CT molecular complexity index is 1250. The Kier molecular flexibility index (Phi) is 12.1. The lowest BCUT2D eigenvalue weighted by Gasteiger charge is -2.29. The van der Waals surface area contributed by atoms with Gasteiger partial charge in [0.15, 0.2) is 11.6 Å². The van der Waals surface area contributed by atoms with E-state index in [1.54, 1.807) is 30.3 Å². The first kappa shape index (κ1) is 31.1. The molecule has 1 aliphatic carbocycles. The van der Waals surface area contributed by atoms with Crippen LogP contribution in [0.1, 0.15) is 114 Å². The van der Waals surface area contributed by atoms with Crippen molar-refractivity contribution in [2.75, 3.05) is 0 Å². The van der Waals surface area contributed by atoms with E-state index >= 15 is 4.39 Å². The number of hydrogen-bond donors (Lipinski definition) is 0. The molecule has 4 rings (SSSR count). The number of hydrogen-bond acceptors (Lipinski definition) is 0. The van der Waals surface area contributed by atoms with Gasteiger partial charge in [0.25, 0.3) is 0 Å². The first-order valence-electron chi connectivity index (χ1n) is 16.0. The third-order valence-electron chi connectivity index (χ3n) is 9.00. The zero-order valence-electron chi connectivity index (χ0n) is 25.0. The minimum absolute atomic E-state index is 0.135. The summed E-state index contributed by atoms with van der Waals surface area (Å²) in [5, 5.41) is 0. The van der Waals surface area contributed by atoms with Gasteiger partial charge >= 0.3 is 0 Å². The van der Waals surface area contributed by atoms with Crippen molar-refractivity contribution in [3.8, 4) is 22.3 Å². The van der Waals surface area contributed by atoms with Crippen LogP contribution >= 0.6 is 0 Å². The van der Waals surface area contributed by atoms with E-state index in [-0.39, 0.29) is 11.4 Å². The molecular formula is C38H47F3. The minimum Gasteiger partial charge on any atom is -0.207 e. The smallest absolute Gasteiger partial charge is 0.166 e. The van der Waals surface area contributed by atoms with E-state index in [0.717, 1.165) is 48.3 Å². The molecule has 0 unspecified atom stereocenters. The van der Waals surface area contributed by atoms with Crippen LogP contribution in [0.5, 0.6) is 0 Å². The summed E-state index contributed by atoms with van der Waals surface area (Å²) in [7, 11) is 0. The Balaban J connectivity index is 1.34. The van der Waals surface area contributed by atoms with E-state index in [9.17, 15) is 8.78 Å². The molecule has 1 saturated carbocycles. The van der Waals surface area contributed by atoms with E-state index in [1.807, 2.05) is 43.3 Å². The summed E-state index contributed by atoms with van der Waals surface area (Å²) >= 11 is 0. The number of unbranched alkanes of at least 4 members (excludes halogenated alkanes) is 6. The highest BCUT2D eigenvalue weighted by molar-refractivity contribution is 5.71. The summed E-state index contributed by atoms with van der Waals surface area (Å²) in [6.07, 6.45) is 20.1. The van der Waals surface area contributed by atoms with Crippen LogP contribution in [-0.4, -0.2) is 0 Å². The number of rotatable bonds is 14. The molecule has 3 aromatic carbocycles. The summed E-state index contributed by atoms with van der Waals surface area (Å²) in [4.78, 5) is 0. The van der Waals surface area contributed by atoms with Gasteiger partial charge in [-0.05, 0) is 97.6 Å². The van der Waals surface area contributed by atoms with Crippen LogP contribution in [0, 0.1) is 23.4 Å². The molecule has 220 valence electrons. The van der Waals surface area contributed by atoms with Gasteiger partial charge in [0.05, 0.1) is 0 Å². The molecule has 0 nitrogen and oxygen atoms in total. The second-order valence-electron chi connectivity index (χ2n) is 11.9. The van der Waals surface area contributed by atoms with E-state index in [2.05, 4.69) is 6.92 Å². The van der Waals surface area contributed by atoms with E-state index in [1.165, 1.54) is 57.8 Å². The van der Waals surface area contributed by atoms with Crippen LogP contribution in [0.3, 0.4) is 0 Å². The van der Waals surface area contributed by atoms with Crippen LogP contribution < -0.4 is 0 Å². The summed E-state index contributed by atoms with van der Waals surface area (Å²) in [6.45, 7) is 4.21. The monoisotopic (exact) mass is 560 g/mol. The van der Waals surface area contributed by atoms with Crippen LogP contribution in [0.2, 0.25) is 0 Å². The second-order valence-corrected chi connectivity index (χ2v) is 11.9. The first-order valence-corrected chi connectivity index (χ1v) is 16.0. The molecule has 0 atom stereocenters. The van der Waals surface area contributed by atoms with Gasteiger partial charge in [-0.25, -0.2) is 13.2 Å². The molecule has 0 saturated heterocycles. The Morgan fingerprint density at radius 3 is 2.10 bits per heavy atom. The van der Waals surface area contributed by atoms with Crippen LogP contribution in [0.4, 0.5) is 13.2 Å². The number of allylic oxidation sites excluding steroid dienone is 2. The van der Waals surface area contributed by atoms with Gasteiger partial charge in [0.1, 0.15) is 5.82 Å². The van der Waals surface area contributed by atoms with Gasteiger partial charge in [-0.1, -0.05) is 113 Å². The second kappa shape index (κ2) is 16.0. The Labute approximate surface area is 246 Å². The van der Waals surface area contributed by atoms with Crippen molar-refractivity contribution < 1.29 is 13.2 Å². The molecule has 1 aliphatic rings. The van der Waals surface area contributed by atoms with Gasteiger partial charge in [-0.3, -0.25) is 0 Å². The predicted molar refractivity (Wildman–Crippen MR) is 168 cm³/mol. The van der Waals surface area contributed by atoms with Crippen molar-refractivity contribution in [1.29, 1.82) is 0 Å². The van der Waals surface area contributed by atoms with Crippen molar-refractivity contribution in [3.05, 3.63) is 95.3 Å². The first-order chi connectivity index (χ1) is 20.0. The van der Waals surface area contributed by atoms with Gasteiger partial charge in [0, 0.05) is 5.56 Å². The SMILES string of the molecule is C/C=C\CCCc1ccc(-c2ccc(-c3ccc(C4CCC(CCCCCCCC)CC4)c(F)c3)cc2)c(F)c1F. The lowest BCUT2D eigenvalue weighted by molar-refractivity contribution is 0.298. The van der Waals surface area contributed by atoms with E-state index in [4.69, 9.17) is 0 Å². The van der Waals surface area contributed by atoms with Crippen molar-refractivity contribution in [3.63, 3.8) is 0 Å². The highest BCUT2D eigenvalue weighted by Crippen LogP contribution is 2.39. The summed E-state index contributed by atoms with van der Waals surface area (Å²) in [5.41, 5.74) is 3.78. The molecule has 0 radical (unpaired) electrons. The predicted octanol–water partition coefficient (Wildman–Crippen LogP) is 12.4. The van der Waals surface area contributed by atoms with Crippen molar-refractivity contribution in [2.24, 2.45) is 5.92 Å². The Hall–Kier alpha value is -2.81. The maximum absolute atomic E-state index is 15.3. The van der Waals surface area contributed by atoms with Gasteiger partial charge in [-0.2, -0.15) is 0 Å². The van der Waals surface area contributed by atoms with Crippen molar-refractivity contribution in [1.82, 2.24) is 0 Å². The summed E-state index contributed by atoms with van der Waals surface area (Å²) in [6, 6.07) is 16.2. The fourth-order valence-electron chi connectivity index (χ4n) is 6.44. The molecule has 0 heterocycles. The molecule has 3 aromatic rings. The number of benzene rings is 3. The molecule has 0 N–H and O–H groups in total. The topological polar surface area (TPSA) is 0 Å². The zero-order valence-corrected chi connectivity index (χ0v) is 25.0. The average molecular weight is 561 g/mol. The zero-order chi connectivity index (χ0) is 29.0. The molecule has 1 fully saturated rings. The maximum Gasteiger partial charge on any atom is 0.166 e. The Morgan fingerprint density at radius 2 is 1.39 bits per heavy atom. The number of halogens is 3. The van der Waals surface area contributed by atoms with Gasteiger partial charge in [0.2, 0.25) is 0 Å². The van der Waals surface area contributed by atoms with Gasteiger partial charge < -0.3 is 0 Å². The van der Waals surface area contributed by atoms with E-state index in [0.29, 0.717) is 23.5 Å².